The van der Waals surface area contributed by atoms with Crippen LogP contribution < -0.4 is 20.1 Å². The van der Waals surface area contributed by atoms with E-state index in [0.717, 1.165) is 71.3 Å². The van der Waals surface area contributed by atoms with E-state index in [4.69, 9.17) is 26.1 Å². The number of methoxy groups -OCH3 is 2. The monoisotopic (exact) mass is 732 g/mol. The number of hydrogen-bond acceptors (Lipinski definition) is 6. The van der Waals surface area contributed by atoms with Crippen molar-refractivity contribution in [2.45, 2.75) is 64.8 Å². The number of hydrogen-bond donors (Lipinski definition) is 2. The van der Waals surface area contributed by atoms with Crippen LogP contribution in [-0.2, 0) is 24.1 Å². The molecule has 274 valence electrons. The summed E-state index contributed by atoms with van der Waals surface area (Å²) in [5.74, 6) is 0.975. The molecule has 0 radical (unpaired) electrons. The molecule has 0 saturated carbocycles. The molecule has 1 amide bonds. The molecule has 7 nitrogen and oxygen atoms in total. The van der Waals surface area contributed by atoms with Crippen molar-refractivity contribution in [2.75, 3.05) is 33.9 Å². The van der Waals surface area contributed by atoms with Crippen molar-refractivity contribution in [3.8, 4) is 34.0 Å². The van der Waals surface area contributed by atoms with Crippen LogP contribution in [0.5, 0.6) is 11.6 Å². The van der Waals surface area contributed by atoms with E-state index in [9.17, 15) is 18.0 Å². The Labute approximate surface area is 308 Å². The van der Waals surface area contributed by atoms with Gasteiger partial charge in [-0.2, -0.15) is 13.2 Å². The number of rotatable bonds is 12. The van der Waals surface area contributed by atoms with Gasteiger partial charge in [-0.05, 0) is 97.8 Å². The number of aromatic nitrogens is 1. The highest BCUT2D eigenvalue weighted by Crippen LogP contribution is 2.40. The third kappa shape index (κ3) is 8.30. The Morgan fingerprint density at radius 1 is 0.942 bits per heavy atom. The van der Waals surface area contributed by atoms with Gasteiger partial charge in [0.2, 0.25) is 11.8 Å². The van der Waals surface area contributed by atoms with Gasteiger partial charge >= 0.3 is 6.18 Å². The van der Waals surface area contributed by atoms with Gasteiger partial charge in [0.25, 0.3) is 0 Å². The molecule has 1 atom stereocenters. The number of carbonyl (C=O) groups excluding carboxylic acids is 1. The van der Waals surface area contributed by atoms with Crippen molar-refractivity contribution in [1.29, 1.82) is 0 Å². The summed E-state index contributed by atoms with van der Waals surface area (Å²) in [5, 5.41) is 6.80. The maximum Gasteiger partial charge on any atom is 0.417 e. The van der Waals surface area contributed by atoms with Crippen molar-refractivity contribution >= 4 is 29.7 Å². The first-order chi connectivity index (χ1) is 25.0. The Morgan fingerprint density at radius 3 is 2.31 bits per heavy atom. The molecule has 0 unspecified atom stereocenters. The lowest BCUT2D eigenvalue weighted by molar-refractivity contribution is -0.137. The van der Waals surface area contributed by atoms with Crippen molar-refractivity contribution in [3.05, 3.63) is 98.6 Å². The lowest BCUT2D eigenvalue weighted by Crippen LogP contribution is -2.35. The summed E-state index contributed by atoms with van der Waals surface area (Å²) in [5.41, 5.74) is 6.69. The zero-order valence-corrected chi connectivity index (χ0v) is 30.7. The number of alkyl halides is 3. The van der Waals surface area contributed by atoms with E-state index in [0.29, 0.717) is 54.0 Å². The fourth-order valence-corrected chi connectivity index (χ4v) is 7.50. The molecule has 4 aromatic rings. The maximum atomic E-state index is 14.4. The van der Waals surface area contributed by atoms with E-state index < -0.39 is 11.7 Å². The van der Waals surface area contributed by atoms with Crippen LogP contribution in [0.1, 0.15) is 64.6 Å². The maximum absolute atomic E-state index is 14.4. The molecule has 2 saturated heterocycles. The van der Waals surface area contributed by atoms with Crippen molar-refractivity contribution in [2.24, 2.45) is 0 Å². The minimum Gasteiger partial charge on any atom is -0.496 e. The van der Waals surface area contributed by atoms with Crippen LogP contribution in [-0.4, -0.2) is 55.7 Å². The van der Waals surface area contributed by atoms with E-state index in [1.54, 1.807) is 13.2 Å². The van der Waals surface area contributed by atoms with Gasteiger partial charge in [-0.15, -0.1) is 0 Å². The highest BCUT2D eigenvalue weighted by Gasteiger charge is 2.34. The first-order valence-electron chi connectivity index (χ1n) is 17.6. The number of carbonyl (C=O) groups is 1. The topological polar surface area (TPSA) is 75.7 Å². The van der Waals surface area contributed by atoms with Crippen LogP contribution in [0, 0.1) is 13.8 Å². The van der Waals surface area contributed by atoms with Crippen molar-refractivity contribution in [1.82, 2.24) is 20.5 Å². The van der Waals surface area contributed by atoms with Gasteiger partial charge in [-0.25, -0.2) is 4.98 Å². The number of halogens is 4. The van der Waals surface area contributed by atoms with Gasteiger partial charge in [0.15, 0.2) is 0 Å². The predicted octanol–water partition coefficient (Wildman–Crippen LogP) is 8.86. The summed E-state index contributed by atoms with van der Waals surface area (Å²) >= 11 is 6.86. The van der Waals surface area contributed by atoms with Gasteiger partial charge < -0.3 is 20.1 Å². The molecular formula is C41H44ClF3N4O3. The molecule has 1 aromatic heterocycles. The number of pyridine rings is 1. The molecule has 0 bridgehead atoms. The smallest absolute Gasteiger partial charge is 0.417 e. The number of benzene rings is 3. The predicted molar refractivity (Wildman–Crippen MR) is 200 cm³/mol. The molecule has 0 spiro atoms. The second kappa shape index (κ2) is 16.1. The molecule has 2 N–H and O–H groups in total. The van der Waals surface area contributed by atoms with E-state index in [1.165, 1.54) is 25.3 Å². The number of nitrogens with zero attached hydrogens (tertiary/aromatic N) is 2. The molecule has 2 fully saturated rings. The van der Waals surface area contributed by atoms with Crippen LogP contribution in [0.4, 0.5) is 13.2 Å². The molecule has 52 heavy (non-hydrogen) atoms. The lowest BCUT2D eigenvalue weighted by Gasteiger charge is -2.20. The number of nitrogens with one attached hydrogen (secondary N) is 2. The van der Waals surface area contributed by atoms with Gasteiger partial charge in [0.05, 0.1) is 30.5 Å². The number of amides is 1. The molecule has 0 aliphatic carbocycles. The Kier molecular flexibility index (Phi) is 11.6. The average molecular weight is 733 g/mol. The Hall–Kier alpha value is -4.38. The summed E-state index contributed by atoms with van der Waals surface area (Å²) in [6, 6.07) is 16.4. The van der Waals surface area contributed by atoms with Crippen molar-refractivity contribution in [3.63, 3.8) is 0 Å². The molecule has 3 aromatic carbocycles. The molecule has 6 rings (SSSR count). The van der Waals surface area contributed by atoms with Crippen LogP contribution >= 0.6 is 11.6 Å². The standard InChI is InChI=1S/C41H44ClF3N4O3/c1-25-27(13-14-28-21-37(51-3)30(19-35(28)41(43,44)45)24-49-17-5-6-18-49)9-7-10-32(25)33-11-8-12-34(26(33)2)39-36(42)20-29(40(48-39)52-4)22-46-23-31-15-16-38(50)47-31/h7-14,19-21,31,46H,5-6,15-18,22-24H2,1-4H3,(H,47,50)/b14-13+/t31-/m0/s1. The first kappa shape index (κ1) is 37.4. The molecule has 3 heterocycles. The van der Waals surface area contributed by atoms with Gasteiger partial charge in [-0.3, -0.25) is 9.69 Å². The van der Waals surface area contributed by atoms with E-state index in [2.05, 4.69) is 15.5 Å². The van der Waals surface area contributed by atoms with Crippen LogP contribution in [0.3, 0.4) is 0 Å². The second-order valence-corrected chi connectivity index (χ2v) is 13.9. The average Bonchev–Trinajstić information content (AvgIpc) is 3.79. The Balaban J connectivity index is 1.28. The lowest BCUT2D eigenvalue weighted by atomic mass is 9.90. The van der Waals surface area contributed by atoms with Crippen LogP contribution in [0.25, 0.3) is 34.5 Å². The SMILES string of the molecule is COc1cc(/C=C/c2cccc(-c3cccc(-c4nc(OC)c(CNC[C@@H]5CCC(=O)N5)cc4Cl)c3C)c2C)c(C(F)(F)F)cc1CN1CCCC1. The van der Waals surface area contributed by atoms with Crippen LogP contribution in [0.15, 0.2) is 54.6 Å². The second-order valence-electron chi connectivity index (χ2n) is 13.5. The highest BCUT2D eigenvalue weighted by molar-refractivity contribution is 6.33. The van der Waals surface area contributed by atoms with E-state index >= 15 is 0 Å². The van der Waals surface area contributed by atoms with Gasteiger partial charge in [0.1, 0.15) is 5.75 Å². The summed E-state index contributed by atoms with van der Waals surface area (Å²) in [6.45, 7) is 7.25. The first-order valence-corrected chi connectivity index (χ1v) is 18.0. The fourth-order valence-electron chi connectivity index (χ4n) is 7.22. The van der Waals surface area contributed by atoms with Gasteiger partial charge in [-0.1, -0.05) is 60.2 Å². The van der Waals surface area contributed by atoms with Crippen molar-refractivity contribution < 1.29 is 27.4 Å². The van der Waals surface area contributed by atoms with E-state index in [-0.39, 0.29) is 17.5 Å². The zero-order chi connectivity index (χ0) is 37.0. The van der Waals surface area contributed by atoms with E-state index in [1.807, 2.05) is 56.3 Å². The highest BCUT2D eigenvalue weighted by atomic mass is 35.5. The third-order valence-electron chi connectivity index (χ3n) is 10.0. The zero-order valence-electron chi connectivity index (χ0n) is 29.9. The number of ether oxygens (including phenoxy) is 2. The Morgan fingerprint density at radius 2 is 1.63 bits per heavy atom. The molecule has 2 aliphatic heterocycles. The molecule has 2 aliphatic rings. The normalized spacial score (nSPS) is 16.5. The quantitative estimate of drug-likeness (QED) is 0.142. The molecular weight excluding hydrogens is 689 g/mol. The third-order valence-corrected chi connectivity index (χ3v) is 10.3. The fraction of sp³-hybridized carbons (Fsp3) is 0.366. The minimum absolute atomic E-state index is 0.0520. The summed E-state index contributed by atoms with van der Waals surface area (Å²) < 4.78 is 54.4. The summed E-state index contributed by atoms with van der Waals surface area (Å²) in [6.07, 6.45) is 2.18. The Bertz CT molecular complexity index is 1970. The van der Waals surface area contributed by atoms with Crippen LogP contribution in [0.2, 0.25) is 5.02 Å². The summed E-state index contributed by atoms with van der Waals surface area (Å²) in [4.78, 5) is 18.5. The minimum atomic E-state index is -4.53. The largest absolute Gasteiger partial charge is 0.496 e. The summed E-state index contributed by atoms with van der Waals surface area (Å²) in [7, 11) is 3.07. The molecule has 11 heteroatoms. The number of likely N-dealkylation sites (tertiary alicyclic amines) is 1. The van der Waals surface area contributed by atoms with Gasteiger partial charge in [0, 0.05) is 48.8 Å².